The van der Waals surface area contributed by atoms with E-state index in [1.165, 1.54) is 11.3 Å². The predicted molar refractivity (Wildman–Crippen MR) is 141 cm³/mol. The number of pyridine rings is 2. The Bertz CT molecular complexity index is 1200. The van der Waals surface area contributed by atoms with E-state index in [4.69, 9.17) is 0 Å². The van der Waals surface area contributed by atoms with Gasteiger partial charge in [0.2, 0.25) is 0 Å². The molecular formula is C26H33FN6OS. The van der Waals surface area contributed by atoms with Gasteiger partial charge in [-0.2, -0.15) is 0 Å². The summed E-state index contributed by atoms with van der Waals surface area (Å²) in [7, 11) is 3.48. The molecule has 1 aliphatic carbocycles. The Kier molecular flexibility index (Phi) is 6.88. The van der Waals surface area contributed by atoms with Gasteiger partial charge in [0, 0.05) is 51.9 Å². The Morgan fingerprint density at radius 3 is 2.51 bits per heavy atom. The topological polar surface area (TPSA) is 64.6 Å². The van der Waals surface area contributed by atoms with Gasteiger partial charge in [0.25, 0.3) is 5.91 Å². The number of carbonyl (C=O) groups excluding carboxylic acids is 1. The summed E-state index contributed by atoms with van der Waals surface area (Å²) in [5, 5.41) is 3.61. The lowest BCUT2D eigenvalue weighted by molar-refractivity contribution is 0.0831. The molecule has 2 fully saturated rings. The van der Waals surface area contributed by atoms with Crippen LogP contribution in [0.3, 0.4) is 0 Å². The van der Waals surface area contributed by atoms with Crippen LogP contribution >= 0.6 is 11.3 Å². The van der Waals surface area contributed by atoms with E-state index in [0.717, 1.165) is 74.4 Å². The number of aromatic nitrogens is 2. The van der Waals surface area contributed by atoms with Crippen LogP contribution in [0.5, 0.6) is 0 Å². The van der Waals surface area contributed by atoms with Crippen LogP contribution in [0.1, 0.15) is 53.8 Å². The number of likely N-dealkylation sites (N-methyl/N-ethyl adjacent to an activating group) is 1. The molecule has 0 unspecified atom stereocenters. The molecule has 0 aromatic carbocycles. The fourth-order valence-electron chi connectivity index (χ4n) is 5.22. The Hall–Kier alpha value is -2.78. The van der Waals surface area contributed by atoms with E-state index in [0.29, 0.717) is 16.1 Å². The maximum atomic E-state index is 15.9. The molecule has 1 N–H and O–H groups in total. The van der Waals surface area contributed by atoms with Gasteiger partial charge in [-0.15, -0.1) is 11.3 Å². The molecule has 5 rings (SSSR count). The molecule has 4 heterocycles. The zero-order chi connectivity index (χ0) is 24.5. The first kappa shape index (κ1) is 23.9. The molecule has 3 aromatic heterocycles. The van der Waals surface area contributed by atoms with Crippen LogP contribution in [0, 0.1) is 5.82 Å². The van der Waals surface area contributed by atoms with Crippen molar-refractivity contribution in [1.29, 1.82) is 0 Å². The van der Waals surface area contributed by atoms with E-state index < -0.39 is 5.82 Å². The van der Waals surface area contributed by atoms with Crippen molar-refractivity contribution in [3.63, 3.8) is 0 Å². The Balaban J connectivity index is 1.42. The summed E-state index contributed by atoms with van der Waals surface area (Å²) in [5.41, 5.74) is 1.93. The van der Waals surface area contributed by atoms with Crippen molar-refractivity contribution >= 4 is 44.7 Å². The Morgan fingerprint density at radius 2 is 1.89 bits per heavy atom. The first-order valence-corrected chi connectivity index (χ1v) is 13.3. The highest BCUT2D eigenvalue weighted by molar-refractivity contribution is 7.21. The van der Waals surface area contributed by atoms with Crippen LogP contribution < -0.4 is 10.2 Å². The fraction of sp³-hybridized carbons (Fsp3) is 0.500. The van der Waals surface area contributed by atoms with E-state index in [2.05, 4.69) is 32.0 Å². The minimum atomic E-state index is -0.403. The van der Waals surface area contributed by atoms with Gasteiger partial charge in [0.15, 0.2) is 11.6 Å². The highest BCUT2D eigenvalue weighted by atomic mass is 32.1. The third-order valence-electron chi connectivity index (χ3n) is 7.25. The molecule has 1 aliphatic heterocycles. The number of thiophene rings is 1. The third kappa shape index (κ3) is 4.71. The second kappa shape index (κ2) is 10.1. The second-order valence-corrected chi connectivity index (χ2v) is 10.7. The summed E-state index contributed by atoms with van der Waals surface area (Å²) >= 11 is 1.35. The molecule has 0 atom stereocenters. The van der Waals surface area contributed by atoms with E-state index in [9.17, 15) is 4.79 Å². The van der Waals surface area contributed by atoms with Gasteiger partial charge in [-0.25, -0.2) is 14.4 Å². The van der Waals surface area contributed by atoms with Crippen LogP contribution in [0.4, 0.5) is 21.7 Å². The van der Waals surface area contributed by atoms with Crippen LogP contribution in [0.15, 0.2) is 24.5 Å². The number of anilines is 3. The molecule has 3 aromatic rings. The molecule has 0 bridgehead atoms. The summed E-state index contributed by atoms with van der Waals surface area (Å²) in [4.78, 5) is 28.8. The van der Waals surface area contributed by atoms with Crippen molar-refractivity contribution in [1.82, 2.24) is 19.8 Å². The SMILES string of the molecule is CCN1CCN(c2ccc(Nc3ncc4sc(C(=O)N(C)C)c(C5CCCC5)c4c3F)nc2)CC1. The lowest BCUT2D eigenvalue weighted by Gasteiger charge is -2.35. The average molecular weight is 497 g/mol. The summed E-state index contributed by atoms with van der Waals surface area (Å²) in [6.07, 6.45) is 7.71. The third-order valence-corrected chi connectivity index (χ3v) is 8.38. The van der Waals surface area contributed by atoms with Gasteiger partial charge in [0.05, 0.1) is 21.5 Å². The zero-order valence-corrected chi connectivity index (χ0v) is 21.5. The van der Waals surface area contributed by atoms with Crippen molar-refractivity contribution in [2.75, 3.05) is 57.0 Å². The highest BCUT2D eigenvalue weighted by Gasteiger charge is 2.30. The first-order chi connectivity index (χ1) is 17.0. The lowest BCUT2D eigenvalue weighted by atomic mass is 9.94. The van der Waals surface area contributed by atoms with E-state index >= 15 is 4.39 Å². The quantitative estimate of drug-likeness (QED) is 0.514. The van der Waals surface area contributed by atoms with Crippen LogP contribution in [0.2, 0.25) is 0 Å². The molecule has 186 valence electrons. The van der Waals surface area contributed by atoms with Crippen molar-refractivity contribution in [2.24, 2.45) is 0 Å². The summed E-state index contributed by atoms with van der Waals surface area (Å²) < 4.78 is 16.6. The number of fused-ring (bicyclic) bond motifs is 1. The molecule has 0 spiro atoms. The molecule has 2 aliphatic rings. The fourth-order valence-corrected chi connectivity index (χ4v) is 6.50. The number of hydrogen-bond donors (Lipinski definition) is 1. The van der Waals surface area contributed by atoms with E-state index in [1.807, 2.05) is 18.3 Å². The van der Waals surface area contributed by atoms with Gasteiger partial charge in [-0.05, 0) is 43.0 Å². The number of piperazine rings is 1. The smallest absolute Gasteiger partial charge is 0.263 e. The highest BCUT2D eigenvalue weighted by Crippen LogP contribution is 2.45. The van der Waals surface area contributed by atoms with Gasteiger partial charge in [0.1, 0.15) is 5.82 Å². The second-order valence-electron chi connectivity index (χ2n) is 9.63. The molecular weight excluding hydrogens is 463 g/mol. The van der Waals surface area contributed by atoms with Crippen molar-refractivity contribution in [3.05, 3.63) is 40.8 Å². The maximum absolute atomic E-state index is 15.9. The number of rotatable bonds is 6. The van der Waals surface area contributed by atoms with Crippen molar-refractivity contribution in [3.8, 4) is 0 Å². The molecule has 35 heavy (non-hydrogen) atoms. The zero-order valence-electron chi connectivity index (χ0n) is 20.7. The average Bonchev–Trinajstić information content (AvgIpc) is 3.54. The van der Waals surface area contributed by atoms with E-state index in [-0.39, 0.29) is 17.6 Å². The maximum Gasteiger partial charge on any atom is 0.263 e. The summed E-state index contributed by atoms with van der Waals surface area (Å²) in [6, 6.07) is 3.90. The Labute approximate surface area is 210 Å². The number of nitrogens with one attached hydrogen (secondary N) is 1. The molecule has 9 heteroatoms. The number of carbonyl (C=O) groups is 1. The van der Waals surface area contributed by atoms with E-state index in [1.54, 1.807) is 25.2 Å². The Morgan fingerprint density at radius 1 is 1.14 bits per heavy atom. The number of nitrogens with zero attached hydrogens (tertiary/aromatic N) is 5. The van der Waals surface area contributed by atoms with Gasteiger partial charge in [-0.1, -0.05) is 19.8 Å². The van der Waals surface area contributed by atoms with Gasteiger partial charge in [-0.3, -0.25) is 4.79 Å². The summed E-state index contributed by atoms with van der Waals surface area (Å²) in [5.74, 6) is 0.432. The minimum Gasteiger partial charge on any atom is -0.368 e. The monoisotopic (exact) mass is 496 g/mol. The molecule has 1 amide bonds. The number of amides is 1. The molecule has 1 saturated carbocycles. The number of hydrogen-bond acceptors (Lipinski definition) is 7. The first-order valence-electron chi connectivity index (χ1n) is 12.5. The molecule has 7 nitrogen and oxygen atoms in total. The lowest BCUT2D eigenvalue weighted by Crippen LogP contribution is -2.46. The van der Waals surface area contributed by atoms with Crippen molar-refractivity contribution < 1.29 is 9.18 Å². The number of halogens is 1. The standard InChI is InChI=1S/C26H33FN6OS/c1-4-32-11-13-33(14-12-32)18-9-10-20(28-15-18)30-25-23(27)22-19(16-29-25)35-24(26(34)31(2)3)21(22)17-7-5-6-8-17/h9-10,15-17H,4-8,11-14H2,1-3H3,(H,28,29,30). The largest absolute Gasteiger partial charge is 0.368 e. The van der Waals surface area contributed by atoms with Crippen molar-refractivity contribution in [2.45, 2.75) is 38.5 Å². The van der Waals surface area contributed by atoms with Crippen LogP contribution in [0.25, 0.3) is 10.1 Å². The normalized spacial score (nSPS) is 17.3. The predicted octanol–water partition coefficient (Wildman–Crippen LogP) is 5.08. The minimum absolute atomic E-state index is 0.0703. The van der Waals surface area contributed by atoms with Gasteiger partial charge >= 0.3 is 0 Å². The van der Waals surface area contributed by atoms with Crippen LogP contribution in [-0.2, 0) is 0 Å². The molecule has 1 saturated heterocycles. The summed E-state index contributed by atoms with van der Waals surface area (Å²) in [6.45, 7) is 7.32. The van der Waals surface area contributed by atoms with Crippen LogP contribution in [-0.4, -0.2) is 72.5 Å². The van der Waals surface area contributed by atoms with Gasteiger partial charge < -0.3 is 20.0 Å². The molecule has 0 radical (unpaired) electrons.